The summed E-state index contributed by atoms with van der Waals surface area (Å²) in [6.45, 7) is 10.2. The van der Waals surface area contributed by atoms with Crippen LogP contribution in [0.3, 0.4) is 0 Å². The predicted octanol–water partition coefficient (Wildman–Crippen LogP) is 2.32. The smallest absolute Gasteiger partial charge is 0.108 e. The fraction of sp³-hybridized carbons (Fsp3) is 0.556. The zero-order valence-electron chi connectivity index (χ0n) is 14.4. The minimum absolute atomic E-state index is 0.418. The highest BCUT2D eigenvalue weighted by Crippen LogP contribution is 2.28. The van der Waals surface area contributed by atoms with Crippen LogP contribution in [0.2, 0.25) is 0 Å². The van der Waals surface area contributed by atoms with Gasteiger partial charge < -0.3 is 0 Å². The number of nitrogens with one attached hydrogen (secondary N) is 1. The van der Waals surface area contributed by atoms with Crippen molar-refractivity contribution in [3.63, 3.8) is 0 Å². The third-order valence-corrected chi connectivity index (χ3v) is 6.50. The number of hydrogen-bond donors (Lipinski definition) is 1. The lowest BCUT2D eigenvalue weighted by Crippen LogP contribution is -2.52. The van der Waals surface area contributed by atoms with Crippen LogP contribution in [-0.2, 0) is 0 Å². The second kappa shape index (κ2) is 6.96. The number of nitrogens with zero attached hydrogens (tertiary/aromatic N) is 4. The van der Waals surface area contributed by atoms with Gasteiger partial charge in [0.2, 0.25) is 0 Å². The fourth-order valence-electron chi connectivity index (χ4n) is 3.61. The number of thioether (sulfide) groups is 1. The molecule has 3 atom stereocenters. The Balaban J connectivity index is 1.40. The van der Waals surface area contributed by atoms with E-state index in [0.29, 0.717) is 11.5 Å². The Hall–Kier alpha value is -1.21. The second-order valence-corrected chi connectivity index (χ2v) is 8.28. The molecule has 0 radical (unpaired) electrons. The Labute approximate surface area is 147 Å². The number of benzene rings is 1. The SMILES string of the molecule is CC1CNC(N2CCN(C(C)c3ccc4nccnc4c3)CC2)S1. The van der Waals surface area contributed by atoms with Crippen molar-refractivity contribution in [2.24, 2.45) is 0 Å². The van der Waals surface area contributed by atoms with Gasteiger partial charge in [0.05, 0.1) is 11.0 Å². The van der Waals surface area contributed by atoms with E-state index < -0.39 is 0 Å². The van der Waals surface area contributed by atoms with Gasteiger partial charge in [0, 0.05) is 56.4 Å². The maximum absolute atomic E-state index is 4.44. The molecule has 0 bridgehead atoms. The zero-order chi connectivity index (χ0) is 16.5. The predicted molar refractivity (Wildman–Crippen MR) is 99.9 cm³/mol. The summed E-state index contributed by atoms with van der Waals surface area (Å²) in [5, 5.41) is 4.35. The summed E-state index contributed by atoms with van der Waals surface area (Å²) >= 11 is 2.06. The van der Waals surface area contributed by atoms with Gasteiger partial charge in [0.15, 0.2) is 0 Å². The standard InChI is InChI=1S/C18H25N5S/c1-13-12-21-18(24-13)23-9-7-22(8-10-23)14(2)15-3-4-16-17(11-15)20-6-5-19-16/h3-6,11,13-14,18,21H,7-10,12H2,1-2H3. The molecule has 2 aromatic rings. The van der Waals surface area contributed by atoms with Crippen LogP contribution in [0.25, 0.3) is 11.0 Å². The van der Waals surface area contributed by atoms with Crippen molar-refractivity contribution >= 4 is 22.8 Å². The first-order chi connectivity index (χ1) is 11.7. The van der Waals surface area contributed by atoms with Crippen LogP contribution in [0.4, 0.5) is 0 Å². The van der Waals surface area contributed by atoms with Gasteiger partial charge in [-0.15, -0.1) is 11.8 Å². The van der Waals surface area contributed by atoms with E-state index in [-0.39, 0.29) is 0 Å². The highest BCUT2D eigenvalue weighted by molar-refractivity contribution is 8.00. The molecule has 0 saturated carbocycles. The first-order valence-corrected chi connectivity index (χ1v) is 9.72. The minimum Gasteiger partial charge on any atom is -0.294 e. The lowest BCUT2D eigenvalue weighted by Gasteiger charge is -2.40. The van der Waals surface area contributed by atoms with E-state index in [1.165, 1.54) is 5.56 Å². The van der Waals surface area contributed by atoms with Crippen LogP contribution in [0.5, 0.6) is 0 Å². The maximum Gasteiger partial charge on any atom is 0.108 e. The van der Waals surface area contributed by atoms with Gasteiger partial charge in [0.1, 0.15) is 5.50 Å². The molecule has 4 rings (SSSR count). The average Bonchev–Trinajstić information content (AvgIpc) is 3.07. The zero-order valence-corrected chi connectivity index (χ0v) is 15.2. The highest BCUT2D eigenvalue weighted by Gasteiger charge is 2.30. The molecule has 5 nitrogen and oxygen atoms in total. The lowest BCUT2D eigenvalue weighted by atomic mass is 10.1. The van der Waals surface area contributed by atoms with Crippen LogP contribution < -0.4 is 5.32 Å². The van der Waals surface area contributed by atoms with E-state index in [0.717, 1.165) is 49.0 Å². The summed E-state index contributed by atoms with van der Waals surface area (Å²) in [4.78, 5) is 14.0. The summed E-state index contributed by atoms with van der Waals surface area (Å²) in [5.74, 6) is 0. The molecule has 0 aliphatic carbocycles. The maximum atomic E-state index is 4.44. The Morgan fingerprint density at radius 1 is 1.12 bits per heavy atom. The molecule has 3 unspecified atom stereocenters. The second-order valence-electron chi connectivity index (χ2n) is 6.76. The first-order valence-electron chi connectivity index (χ1n) is 8.78. The summed E-state index contributed by atoms with van der Waals surface area (Å²) in [5.41, 5.74) is 3.80. The molecule has 3 heterocycles. The van der Waals surface area contributed by atoms with Crippen LogP contribution >= 0.6 is 11.8 Å². The Bertz CT molecular complexity index is 701. The molecule has 128 valence electrons. The van der Waals surface area contributed by atoms with Crippen LogP contribution in [0.15, 0.2) is 30.6 Å². The topological polar surface area (TPSA) is 44.3 Å². The monoisotopic (exact) mass is 343 g/mol. The Morgan fingerprint density at radius 3 is 2.58 bits per heavy atom. The lowest BCUT2D eigenvalue weighted by molar-refractivity contribution is 0.0901. The van der Waals surface area contributed by atoms with E-state index in [2.05, 4.69) is 68.9 Å². The molecule has 2 saturated heterocycles. The van der Waals surface area contributed by atoms with Gasteiger partial charge in [-0.25, -0.2) is 0 Å². The van der Waals surface area contributed by atoms with E-state index in [4.69, 9.17) is 0 Å². The number of piperazine rings is 1. The van der Waals surface area contributed by atoms with Crippen molar-refractivity contribution in [2.45, 2.75) is 30.6 Å². The van der Waals surface area contributed by atoms with Gasteiger partial charge in [-0.1, -0.05) is 13.0 Å². The molecule has 1 aromatic carbocycles. The Kier molecular flexibility index (Phi) is 4.72. The van der Waals surface area contributed by atoms with Gasteiger partial charge in [-0.3, -0.25) is 25.1 Å². The largest absolute Gasteiger partial charge is 0.294 e. The average molecular weight is 344 g/mol. The molecule has 24 heavy (non-hydrogen) atoms. The van der Waals surface area contributed by atoms with Crippen molar-refractivity contribution in [3.8, 4) is 0 Å². The summed E-state index contributed by atoms with van der Waals surface area (Å²) in [6, 6.07) is 6.89. The van der Waals surface area contributed by atoms with Crippen molar-refractivity contribution in [3.05, 3.63) is 36.2 Å². The normalized spacial score (nSPS) is 27.6. The summed E-state index contributed by atoms with van der Waals surface area (Å²) < 4.78 is 0. The fourth-order valence-corrected chi connectivity index (χ4v) is 4.82. The quantitative estimate of drug-likeness (QED) is 0.923. The molecule has 2 aliphatic heterocycles. The Morgan fingerprint density at radius 2 is 1.88 bits per heavy atom. The molecular formula is C18H25N5S. The van der Waals surface area contributed by atoms with Crippen molar-refractivity contribution in [2.75, 3.05) is 32.7 Å². The van der Waals surface area contributed by atoms with E-state index in [9.17, 15) is 0 Å². The number of rotatable bonds is 3. The molecule has 2 fully saturated rings. The first kappa shape index (κ1) is 16.3. The molecule has 0 amide bonds. The number of aromatic nitrogens is 2. The van der Waals surface area contributed by atoms with Crippen molar-refractivity contribution < 1.29 is 0 Å². The van der Waals surface area contributed by atoms with Gasteiger partial charge >= 0.3 is 0 Å². The molecule has 1 aromatic heterocycles. The summed E-state index contributed by atoms with van der Waals surface area (Å²) in [7, 11) is 0. The van der Waals surface area contributed by atoms with Crippen molar-refractivity contribution in [1.82, 2.24) is 25.1 Å². The van der Waals surface area contributed by atoms with Gasteiger partial charge in [-0.05, 0) is 24.6 Å². The van der Waals surface area contributed by atoms with Crippen LogP contribution in [-0.4, -0.2) is 63.2 Å². The van der Waals surface area contributed by atoms with Gasteiger partial charge in [-0.2, -0.15) is 0 Å². The summed E-state index contributed by atoms with van der Waals surface area (Å²) in [6.07, 6.45) is 3.52. The molecular weight excluding hydrogens is 318 g/mol. The number of fused-ring (bicyclic) bond motifs is 1. The van der Waals surface area contributed by atoms with Gasteiger partial charge in [0.25, 0.3) is 0 Å². The number of hydrogen-bond acceptors (Lipinski definition) is 6. The van der Waals surface area contributed by atoms with E-state index in [1.807, 2.05) is 0 Å². The molecule has 0 spiro atoms. The van der Waals surface area contributed by atoms with Crippen LogP contribution in [0.1, 0.15) is 25.5 Å². The third-order valence-electron chi connectivity index (χ3n) is 5.15. The van der Waals surface area contributed by atoms with Crippen molar-refractivity contribution in [1.29, 1.82) is 0 Å². The highest BCUT2D eigenvalue weighted by atomic mass is 32.2. The molecule has 1 N–H and O–H groups in total. The molecule has 2 aliphatic rings. The third kappa shape index (κ3) is 3.28. The van der Waals surface area contributed by atoms with E-state index in [1.54, 1.807) is 12.4 Å². The minimum atomic E-state index is 0.418. The van der Waals surface area contributed by atoms with E-state index >= 15 is 0 Å². The molecule has 6 heteroatoms. The van der Waals surface area contributed by atoms with Crippen LogP contribution in [0, 0.1) is 0 Å².